The van der Waals surface area contributed by atoms with Crippen molar-refractivity contribution in [2.45, 2.75) is 12.5 Å². The molecule has 20 heavy (non-hydrogen) atoms. The average molecular weight is 281 g/mol. The molecule has 106 valence electrons. The van der Waals surface area contributed by atoms with Gasteiger partial charge >= 0.3 is 0 Å². The summed E-state index contributed by atoms with van der Waals surface area (Å²) in [6.07, 6.45) is -0.123. The van der Waals surface area contributed by atoms with E-state index in [4.69, 9.17) is 10.5 Å². The van der Waals surface area contributed by atoms with Crippen molar-refractivity contribution in [2.75, 3.05) is 7.11 Å². The number of methoxy groups -OCH3 is 1. The Bertz CT molecular complexity index is 596. The summed E-state index contributed by atoms with van der Waals surface area (Å²) < 4.78 is 45.8. The Labute approximate surface area is 115 Å². The third-order valence-electron chi connectivity index (χ3n) is 3.09. The van der Waals surface area contributed by atoms with E-state index >= 15 is 0 Å². The van der Waals surface area contributed by atoms with Crippen molar-refractivity contribution in [3.05, 3.63) is 65.0 Å². The standard InChI is InChI=1S/C15H14F3NO/c1-20-9-5-6-10(14(18)7-9)15(19)8-11-12(16)3-2-4-13(11)17/h2-7,15H,8,19H2,1H3. The van der Waals surface area contributed by atoms with Crippen LogP contribution in [0.3, 0.4) is 0 Å². The van der Waals surface area contributed by atoms with Gasteiger partial charge in [-0.05, 0) is 24.6 Å². The molecule has 2 aromatic carbocycles. The molecule has 0 aliphatic rings. The van der Waals surface area contributed by atoms with E-state index in [-0.39, 0.29) is 17.5 Å². The zero-order chi connectivity index (χ0) is 14.7. The van der Waals surface area contributed by atoms with Crippen LogP contribution in [0.25, 0.3) is 0 Å². The van der Waals surface area contributed by atoms with Crippen LogP contribution < -0.4 is 10.5 Å². The summed E-state index contributed by atoms with van der Waals surface area (Å²) in [5.74, 6) is -1.58. The summed E-state index contributed by atoms with van der Waals surface area (Å²) in [5, 5.41) is 0. The average Bonchev–Trinajstić information content (AvgIpc) is 2.42. The first kappa shape index (κ1) is 14.4. The molecule has 2 nitrogen and oxygen atoms in total. The van der Waals surface area contributed by atoms with Crippen molar-refractivity contribution < 1.29 is 17.9 Å². The van der Waals surface area contributed by atoms with Gasteiger partial charge in [-0.2, -0.15) is 0 Å². The molecule has 0 bridgehead atoms. The number of halogens is 3. The molecule has 1 atom stereocenters. The Kier molecular flexibility index (Phi) is 4.29. The summed E-state index contributed by atoms with van der Waals surface area (Å²) in [5.41, 5.74) is 5.89. The molecule has 0 aliphatic carbocycles. The lowest BCUT2D eigenvalue weighted by Crippen LogP contribution is -2.16. The minimum absolute atomic E-state index is 0.123. The van der Waals surface area contributed by atoms with Crippen LogP contribution in [-0.4, -0.2) is 7.11 Å². The monoisotopic (exact) mass is 281 g/mol. The van der Waals surface area contributed by atoms with Crippen molar-refractivity contribution in [3.63, 3.8) is 0 Å². The van der Waals surface area contributed by atoms with Gasteiger partial charge in [0, 0.05) is 23.2 Å². The van der Waals surface area contributed by atoms with Crippen molar-refractivity contribution in [1.29, 1.82) is 0 Å². The minimum atomic E-state index is -0.840. The van der Waals surface area contributed by atoms with Crippen LogP contribution >= 0.6 is 0 Å². The molecule has 0 amide bonds. The highest BCUT2D eigenvalue weighted by atomic mass is 19.1. The maximum absolute atomic E-state index is 13.8. The van der Waals surface area contributed by atoms with Gasteiger partial charge in [0.05, 0.1) is 7.11 Å². The van der Waals surface area contributed by atoms with Crippen molar-refractivity contribution in [1.82, 2.24) is 0 Å². The summed E-state index contributed by atoms with van der Waals surface area (Å²) in [6.45, 7) is 0. The molecule has 1 unspecified atom stereocenters. The zero-order valence-electron chi connectivity index (χ0n) is 10.9. The second-order valence-corrected chi connectivity index (χ2v) is 4.40. The second-order valence-electron chi connectivity index (χ2n) is 4.40. The largest absolute Gasteiger partial charge is 0.497 e. The lowest BCUT2D eigenvalue weighted by atomic mass is 9.98. The van der Waals surface area contributed by atoms with Gasteiger partial charge in [-0.25, -0.2) is 13.2 Å². The smallest absolute Gasteiger partial charge is 0.131 e. The van der Waals surface area contributed by atoms with Crippen molar-refractivity contribution >= 4 is 0 Å². The molecule has 0 aromatic heterocycles. The van der Waals surface area contributed by atoms with Gasteiger partial charge in [-0.15, -0.1) is 0 Å². The van der Waals surface area contributed by atoms with Crippen molar-refractivity contribution in [3.8, 4) is 5.75 Å². The number of rotatable bonds is 4. The summed E-state index contributed by atoms with van der Waals surface area (Å²) in [6, 6.07) is 6.92. The molecule has 2 N–H and O–H groups in total. The Morgan fingerprint density at radius 3 is 2.25 bits per heavy atom. The van der Waals surface area contributed by atoms with E-state index in [2.05, 4.69) is 0 Å². The highest BCUT2D eigenvalue weighted by molar-refractivity contribution is 5.32. The Hall–Kier alpha value is -2.01. The van der Waals surface area contributed by atoms with Gasteiger partial charge in [0.15, 0.2) is 0 Å². The topological polar surface area (TPSA) is 35.2 Å². The lowest BCUT2D eigenvalue weighted by Gasteiger charge is -2.15. The van der Waals surface area contributed by atoms with E-state index in [9.17, 15) is 13.2 Å². The number of benzene rings is 2. The fraction of sp³-hybridized carbons (Fsp3) is 0.200. The molecule has 2 aromatic rings. The summed E-state index contributed by atoms with van der Waals surface area (Å²) in [4.78, 5) is 0. The molecular weight excluding hydrogens is 267 g/mol. The number of ether oxygens (including phenoxy) is 1. The first-order valence-corrected chi connectivity index (χ1v) is 6.05. The number of hydrogen-bond donors (Lipinski definition) is 1. The quantitative estimate of drug-likeness (QED) is 0.932. The third-order valence-corrected chi connectivity index (χ3v) is 3.09. The Morgan fingerprint density at radius 2 is 1.70 bits per heavy atom. The molecule has 0 aliphatic heterocycles. The number of nitrogens with two attached hydrogens (primary N) is 1. The van der Waals surface area contributed by atoms with Gasteiger partial charge < -0.3 is 10.5 Å². The molecule has 0 spiro atoms. The van der Waals surface area contributed by atoms with Crippen LogP contribution in [0.5, 0.6) is 5.75 Å². The molecule has 2 rings (SSSR count). The molecule has 0 radical (unpaired) electrons. The first-order valence-electron chi connectivity index (χ1n) is 6.05. The van der Waals surface area contributed by atoms with Crippen LogP contribution in [-0.2, 0) is 6.42 Å². The third kappa shape index (κ3) is 2.93. The Balaban J connectivity index is 2.26. The fourth-order valence-corrected chi connectivity index (χ4v) is 1.99. The van der Waals surface area contributed by atoms with Gasteiger partial charge in [0.2, 0.25) is 0 Å². The minimum Gasteiger partial charge on any atom is -0.497 e. The van der Waals surface area contributed by atoms with Gasteiger partial charge in [0.25, 0.3) is 0 Å². The van der Waals surface area contributed by atoms with Gasteiger partial charge in [-0.1, -0.05) is 12.1 Å². The molecule has 0 saturated heterocycles. The van der Waals surface area contributed by atoms with E-state index in [0.717, 1.165) is 12.1 Å². The maximum atomic E-state index is 13.8. The van der Waals surface area contributed by atoms with E-state index in [1.54, 1.807) is 6.07 Å². The maximum Gasteiger partial charge on any atom is 0.131 e. The van der Waals surface area contributed by atoms with Crippen LogP contribution in [0, 0.1) is 17.5 Å². The number of hydrogen-bond acceptors (Lipinski definition) is 2. The predicted molar refractivity (Wildman–Crippen MR) is 69.9 cm³/mol. The van der Waals surface area contributed by atoms with Crippen LogP contribution in [0.15, 0.2) is 36.4 Å². The molecule has 0 heterocycles. The van der Waals surface area contributed by atoms with Gasteiger partial charge in [0.1, 0.15) is 23.2 Å². The predicted octanol–water partition coefficient (Wildman–Crippen LogP) is 3.36. The van der Waals surface area contributed by atoms with E-state index in [0.29, 0.717) is 5.75 Å². The van der Waals surface area contributed by atoms with E-state index < -0.39 is 23.5 Å². The fourth-order valence-electron chi connectivity index (χ4n) is 1.99. The van der Waals surface area contributed by atoms with Gasteiger partial charge in [-0.3, -0.25) is 0 Å². The Morgan fingerprint density at radius 1 is 1.05 bits per heavy atom. The summed E-state index contributed by atoms with van der Waals surface area (Å²) in [7, 11) is 1.42. The van der Waals surface area contributed by atoms with Crippen LogP contribution in [0.4, 0.5) is 13.2 Å². The van der Waals surface area contributed by atoms with Crippen LogP contribution in [0.2, 0.25) is 0 Å². The van der Waals surface area contributed by atoms with E-state index in [1.807, 2.05) is 0 Å². The lowest BCUT2D eigenvalue weighted by molar-refractivity contribution is 0.410. The molecule has 0 saturated carbocycles. The first-order chi connectivity index (χ1) is 9.52. The normalized spacial score (nSPS) is 12.2. The highest BCUT2D eigenvalue weighted by Gasteiger charge is 2.17. The summed E-state index contributed by atoms with van der Waals surface area (Å²) >= 11 is 0. The molecular formula is C15H14F3NO. The van der Waals surface area contributed by atoms with Crippen molar-refractivity contribution in [2.24, 2.45) is 5.73 Å². The second kappa shape index (κ2) is 5.96. The van der Waals surface area contributed by atoms with E-state index in [1.165, 1.54) is 25.3 Å². The molecule has 0 fully saturated rings. The molecule has 5 heteroatoms. The zero-order valence-corrected chi connectivity index (χ0v) is 10.9. The highest BCUT2D eigenvalue weighted by Crippen LogP contribution is 2.25. The SMILES string of the molecule is COc1ccc(C(N)Cc2c(F)cccc2F)c(F)c1. The van der Waals surface area contributed by atoms with Crippen LogP contribution in [0.1, 0.15) is 17.2 Å².